The Morgan fingerprint density at radius 1 is 0.818 bits per heavy atom. The van der Waals surface area contributed by atoms with E-state index in [1.165, 1.54) is 12.1 Å². The van der Waals surface area contributed by atoms with Gasteiger partial charge in [-0.15, -0.1) is 0 Å². The highest BCUT2D eigenvalue weighted by Crippen LogP contribution is 2.31. The lowest BCUT2D eigenvalue weighted by molar-refractivity contribution is 0.188. The minimum atomic E-state index is -0.293. The number of hydrogen-bond acceptors (Lipinski definition) is 6. The number of para-hydroxylation sites is 1. The highest BCUT2D eigenvalue weighted by Gasteiger charge is 2.20. The molecule has 6 nitrogen and oxygen atoms in total. The Balaban J connectivity index is 1.43. The van der Waals surface area contributed by atoms with E-state index in [0.29, 0.717) is 18.0 Å². The summed E-state index contributed by atoms with van der Waals surface area (Å²) in [6, 6.07) is 21.7. The molecule has 0 aliphatic carbocycles. The van der Waals surface area contributed by atoms with Gasteiger partial charge < -0.3 is 14.7 Å². The summed E-state index contributed by atoms with van der Waals surface area (Å²) in [6.07, 6.45) is 0. The summed E-state index contributed by atoms with van der Waals surface area (Å²) in [6.45, 7) is 4.27. The largest absolute Gasteiger partial charge is 0.457 e. The monoisotopic (exact) mass is 444 g/mol. The van der Waals surface area contributed by atoms with Crippen molar-refractivity contribution in [1.29, 1.82) is 0 Å². The van der Waals surface area contributed by atoms with E-state index >= 15 is 0 Å². The first-order valence-corrected chi connectivity index (χ1v) is 11.1. The lowest BCUT2D eigenvalue weighted by Crippen LogP contribution is -2.47. The molecule has 1 aliphatic rings. The number of hydrogen-bond donors (Lipinski definition) is 1. The molecule has 0 saturated carbocycles. The second-order valence-electron chi connectivity index (χ2n) is 8.02. The number of piperazine rings is 1. The molecule has 0 radical (unpaired) electrons. The predicted molar refractivity (Wildman–Crippen MR) is 127 cm³/mol. The van der Waals surface area contributed by atoms with Crippen LogP contribution in [0.4, 0.5) is 10.3 Å². The van der Waals surface area contributed by atoms with E-state index in [9.17, 15) is 9.50 Å². The van der Waals surface area contributed by atoms with Crippen molar-refractivity contribution in [3.63, 3.8) is 0 Å². The molecule has 2 heterocycles. The third-order valence-electron chi connectivity index (χ3n) is 5.84. The van der Waals surface area contributed by atoms with Gasteiger partial charge in [0.25, 0.3) is 0 Å². The molecule has 0 bridgehead atoms. The average Bonchev–Trinajstić information content (AvgIpc) is 2.86. The van der Waals surface area contributed by atoms with E-state index in [2.05, 4.69) is 9.80 Å². The third-order valence-corrected chi connectivity index (χ3v) is 5.84. The van der Waals surface area contributed by atoms with E-state index in [-0.39, 0.29) is 12.4 Å². The van der Waals surface area contributed by atoms with Gasteiger partial charge in [-0.3, -0.25) is 4.90 Å². The minimum absolute atomic E-state index is 0.178. The smallest absolute Gasteiger partial charge is 0.226 e. The zero-order valence-corrected chi connectivity index (χ0v) is 18.2. The lowest BCUT2D eigenvalue weighted by Gasteiger charge is -2.34. The second-order valence-corrected chi connectivity index (χ2v) is 8.02. The number of β-amino-alcohol motifs (C(OH)–C–C–N with tert-alkyl or cyclic N) is 1. The van der Waals surface area contributed by atoms with Crippen LogP contribution in [0.2, 0.25) is 0 Å². The zero-order chi connectivity index (χ0) is 22.6. The summed E-state index contributed by atoms with van der Waals surface area (Å²) >= 11 is 0. The Labute approximate surface area is 191 Å². The van der Waals surface area contributed by atoms with Crippen LogP contribution in [0.15, 0.2) is 72.8 Å². The third kappa shape index (κ3) is 4.79. The standard InChI is InChI=1S/C26H25FN4O2/c27-20-7-11-22(12-8-20)33-21-9-5-19(6-10-21)25-23-3-1-2-4-24(23)28-26(29-25)31-15-13-30(14-16-31)17-18-32/h1-12,32H,13-18H2. The fourth-order valence-corrected chi connectivity index (χ4v) is 4.06. The van der Waals surface area contributed by atoms with Gasteiger partial charge in [-0.05, 0) is 54.6 Å². The maximum Gasteiger partial charge on any atom is 0.226 e. The van der Waals surface area contributed by atoms with Crippen molar-refractivity contribution in [3.05, 3.63) is 78.6 Å². The maximum atomic E-state index is 13.1. The Hall–Kier alpha value is -3.55. The van der Waals surface area contributed by atoms with Gasteiger partial charge in [-0.2, -0.15) is 0 Å². The van der Waals surface area contributed by atoms with E-state index in [4.69, 9.17) is 14.7 Å². The molecule has 1 N–H and O–H groups in total. The van der Waals surface area contributed by atoms with Crippen molar-refractivity contribution in [2.24, 2.45) is 0 Å². The van der Waals surface area contributed by atoms with E-state index < -0.39 is 0 Å². The highest BCUT2D eigenvalue weighted by atomic mass is 19.1. The molecule has 0 spiro atoms. The molecular formula is C26H25FN4O2. The van der Waals surface area contributed by atoms with Crippen molar-refractivity contribution in [2.75, 3.05) is 44.2 Å². The number of ether oxygens (including phenoxy) is 1. The van der Waals surface area contributed by atoms with Gasteiger partial charge in [0.1, 0.15) is 17.3 Å². The molecule has 3 aromatic carbocycles. The number of nitrogens with zero attached hydrogens (tertiary/aromatic N) is 4. The van der Waals surface area contributed by atoms with Crippen molar-refractivity contribution >= 4 is 16.9 Å². The Bertz CT molecular complexity index is 1220. The number of aliphatic hydroxyl groups excluding tert-OH is 1. The SMILES string of the molecule is OCCN1CCN(c2nc(-c3ccc(Oc4ccc(F)cc4)cc3)c3ccccc3n2)CC1. The summed E-state index contributed by atoms with van der Waals surface area (Å²) in [4.78, 5) is 14.2. The fraction of sp³-hybridized carbons (Fsp3) is 0.231. The molecule has 0 unspecified atom stereocenters. The Morgan fingerprint density at radius 2 is 1.48 bits per heavy atom. The van der Waals surface area contributed by atoms with Crippen molar-refractivity contribution in [3.8, 4) is 22.8 Å². The fourth-order valence-electron chi connectivity index (χ4n) is 4.06. The Kier molecular flexibility index (Phi) is 6.15. The molecule has 0 amide bonds. The van der Waals surface area contributed by atoms with Crippen molar-refractivity contribution in [2.45, 2.75) is 0 Å². The molecule has 5 rings (SSSR count). The van der Waals surface area contributed by atoms with Crippen LogP contribution in [0.25, 0.3) is 22.2 Å². The van der Waals surface area contributed by atoms with Gasteiger partial charge in [0, 0.05) is 43.7 Å². The van der Waals surface area contributed by atoms with Crippen LogP contribution in [-0.2, 0) is 0 Å². The number of aromatic nitrogens is 2. The number of aliphatic hydroxyl groups is 1. The second kappa shape index (κ2) is 9.52. The van der Waals surface area contributed by atoms with Crippen LogP contribution >= 0.6 is 0 Å². The summed E-state index contributed by atoms with van der Waals surface area (Å²) in [5, 5.41) is 10.2. The van der Waals surface area contributed by atoms with Crippen molar-refractivity contribution in [1.82, 2.24) is 14.9 Å². The molecule has 7 heteroatoms. The molecule has 33 heavy (non-hydrogen) atoms. The summed E-state index contributed by atoms with van der Waals surface area (Å²) in [5.41, 5.74) is 2.75. The normalized spacial score (nSPS) is 14.5. The molecule has 1 aliphatic heterocycles. The zero-order valence-electron chi connectivity index (χ0n) is 18.2. The summed E-state index contributed by atoms with van der Waals surface area (Å²) in [7, 11) is 0. The highest BCUT2D eigenvalue weighted by molar-refractivity contribution is 5.93. The van der Waals surface area contributed by atoms with E-state index in [1.807, 2.05) is 48.5 Å². The number of fused-ring (bicyclic) bond motifs is 1. The first kappa shape index (κ1) is 21.3. The van der Waals surface area contributed by atoms with Gasteiger partial charge >= 0.3 is 0 Å². The topological polar surface area (TPSA) is 61.7 Å². The summed E-state index contributed by atoms with van der Waals surface area (Å²) in [5.74, 6) is 1.68. The first-order valence-electron chi connectivity index (χ1n) is 11.1. The maximum absolute atomic E-state index is 13.1. The molecule has 4 aromatic rings. The van der Waals surface area contributed by atoms with E-state index in [1.54, 1.807) is 12.1 Å². The van der Waals surface area contributed by atoms with Gasteiger partial charge in [0.2, 0.25) is 5.95 Å². The number of anilines is 1. The van der Waals surface area contributed by atoms with Crippen LogP contribution in [-0.4, -0.2) is 59.3 Å². The number of benzene rings is 3. The quantitative estimate of drug-likeness (QED) is 0.477. The molecule has 1 saturated heterocycles. The molecular weight excluding hydrogens is 419 g/mol. The van der Waals surface area contributed by atoms with Gasteiger partial charge in [-0.1, -0.05) is 18.2 Å². The van der Waals surface area contributed by atoms with Crippen LogP contribution < -0.4 is 9.64 Å². The number of rotatable bonds is 6. The van der Waals surface area contributed by atoms with Gasteiger partial charge in [-0.25, -0.2) is 14.4 Å². The van der Waals surface area contributed by atoms with Crippen LogP contribution in [0, 0.1) is 5.82 Å². The van der Waals surface area contributed by atoms with Crippen LogP contribution in [0.3, 0.4) is 0 Å². The molecule has 168 valence electrons. The molecule has 1 fully saturated rings. The van der Waals surface area contributed by atoms with Crippen LogP contribution in [0.1, 0.15) is 0 Å². The summed E-state index contributed by atoms with van der Waals surface area (Å²) < 4.78 is 19.0. The molecule has 1 aromatic heterocycles. The predicted octanol–water partition coefficient (Wildman–Crippen LogP) is 4.34. The van der Waals surface area contributed by atoms with Crippen molar-refractivity contribution < 1.29 is 14.2 Å². The molecule has 0 atom stereocenters. The minimum Gasteiger partial charge on any atom is -0.457 e. The number of halogens is 1. The lowest BCUT2D eigenvalue weighted by atomic mass is 10.1. The average molecular weight is 445 g/mol. The van der Waals surface area contributed by atoms with Gasteiger partial charge in [0.05, 0.1) is 17.8 Å². The first-order chi connectivity index (χ1) is 16.2. The van der Waals surface area contributed by atoms with Gasteiger partial charge in [0.15, 0.2) is 0 Å². The van der Waals surface area contributed by atoms with E-state index in [0.717, 1.165) is 54.3 Å². The Morgan fingerprint density at radius 3 is 2.18 bits per heavy atom. The van der Waals surface area contributed by atoms with Crippen LogP contribution in [0.5, 0.6) is 11.5 Å².